The Labute approximate surface area is 172 Å². The lowest BCUT2D eigenvalue weighted by atomic mass is 10.2. The maximum Gasteiger partial charge on any atom is 0.431 e. The summed E-state index contributed by atoms with van der Waals surface area (Å²) in [6, 6.07) is 5.14. The van der Waals surface area contributed by atoms with Crippen molar-refractivity contribution in [1.29, 1.82) is 0 Å². The number of aromatic nitrogens is 2. The first-order chi connectivity index (χ1) is 14.3. The van der Waals surface area contributed by atoms with E-state index >= 15 is 0 Å². The second-order valence-electron chi connectivity index (χ2n) is 5.99. The van der Waals surface area contributed by atoms with E-state index < -0.39 is 62.9 Å². The lowest BCUT2D eigenvalue weighted by Crippen LogP contribution is -2.36. The minimum atomic E-state index is -5.05. The van der Waals surface area contributed by atoms with Crippen molar-refractivity contribution in [3.05, 3.63) is 85.4 Å². The fraction of sp³-hybridized carbons (Fsp3) is 0.111. The molecule has 0 unspecified atom stereocenters. The van der Waals surface area contributed by atoms with Gasteiger partial charge in [0, 0.05) is 12.1 Å². The first-order valence-electron chi connectivity index (χ1n) is 8.06. The molecule has 0 aliphatic rings. The van der Waals surface area contributed by atoms with Gasteiger partial charge in [-0.3, -0.25) is 4.79 Å². The smallest absolute Gasteiger partial charge is 0.431 e. The van der Waals surface area contributed by atoms with E-state index in [9.17, 15) is 40.3 Å². The Morgan fingerprint density at radius 2 is 1.55 bits per heavy atom. The molecule has 3 aromatic rings. The van der Waals surface area contributed by atoms with Crippen molar-refractivity contribution in [2.75, 3.05) is 0 Å². The third-order valence-electron chi connectivity index (χ3n) is 3.89. The minimum Gasteiger partial charge on any atom is -0.455 e. The fourth-order valence-corrected chi connectivity index (χ4v) is 2.74. The van der Waals surface area contributed by atoms with E-state index in [2.05, 4.69) is 0 Å². The van der Waals surface area contributed by atoms with Gasteiger partial charge in [0.2, 0.25) is 0 Å². The molecule has 1 N–H and O–H groups in total. The molecular weight excluding hydrogens is 461 g/mol. The van der Waals surface area contributed by atoms with Crippen molar-refractivity contribution in [1.82, 2.24) is 9.55 Å². The molecule has 5 nitrogen and oxygen atoms in total. The van der Waals surface area contributed by atoms with Crippen LogP contribution in [0.15, 0.2) is 52.1 Å². The number of aromatic amines is 1. The van der Waals surface area contributed by atoms with Gasteiger partial charge in [0.25, 0.3) is 5.56 Å². The molecule has 13 heteroatoms. The van der Waals surface area contributed by atoms with Gasteiger partial charge in [-0.2, -0.15) is 26.3 Å². The Kier molecular flexibility index (Phi) is 5.61. The van der Waals surface area contributed by atoms with Crippen LogP contribution in [0.5, 0.6) is 11.5 Å². The van der Waals surface area contributed by atoms with E-state index in [1.54, 1.807) is 0 Å². The predicted octanol–water partition coefficient (Wildman–Crippen LogP) is 5.15. The topological polar surface area (TPSA) is 64.1 Å². The fourth-order valence-electron chi connectivity index (χ4n) is 2.55. The monoisotopic (exact) mass is 468 g/mol. The summed E-state index contributed by atoms with van der Waals surface area (Å²) >= 11 is 5.80. The second-order valence-corrected chi connectivity index (χ2v) is 6.40. The van der Waals surface area contributed by atoms with Crippen LogP contribution >= 0.6 is 11.6 Å². The van der Waals surface area contributed by atoms with Gasteiger partial charge < -0.3 is 9.72 Å². The number of benzene rings is 2. The van der Waals surface area contributed by atoms with Gasteiger partial charge in [-0.25, -0.2) is 13.8 Å². The van der Waals surface area contributed by atoms with Crippen molar-refractivity contribution >= 4 is 11.6 Å². The Morgan fingerprint density at radius 1 is 0.903 bits per heavy atom. The first-order valence-corrected chi connectivity index (χ1v) is 8.44. The van der Waals surface area contributed by atoms with Crippen LogP contribution < -0.4 is 16.0 Å². The summed E-state index contributed by atoms with van der Waals surface area (Å²) in [6.07, 6.45) is -9.86. The zero-order chi connectivity index (χ0) is 23.1. The average molecular weight is 469 g/mol. The van der Waals surface area contributed by atoms with E-state index in [1.807, 2.05) is 0 Å². The Balaban J connectivity index is 2.15. The number of halogens is 8. The highest BCUT2D eigenvalue weighted by Gasteiger charge is 2.35. The number of H-pyrrole nitrogens is 1. The molecule has 31 heavy (non-hydrogen) atoms. The van der Waals surface area contributed by atoms with E-state index in [-0.39, 0.29) is 10.6 Å². The van der Waals surface area contributed by atoms with Crippen molar-refractivity contribution in [3.63, 3.8) is 0 Å². The lowest BCUT2D eigenvalue weighted by molar-refractivity contribution is -0.141. The molecule has 0 fully saturated rings. The highest BCUT2D eigenvalue weighted by atomic mass is 35.5. The molecule has 0 amide bonds. The number of para-hydroxylation sites is 1. The average Bonchev–Trinajstić information content (AvgIpc) is 2.63. The number of ether oxygens (including phenoxy) is 1. The van der Waals surface area contributed by atoms with Crippen LogP contribution in [0.1, 0.15) is 11.3 Å². The molecule has 3 rings (SSSR count). The number of hydrogen-bond donors (Lipinski definition) is 1. The summed E-state index contributed by atoms with van der Waals surface area (Å²) in [5.41, 5.74) is -6.92. The van der Waals surface area contributed by atoms with Crippen molar-refractivity contribution in [2.45, 2.75) is 12.4 Å². The predicted molar refractivity (Wildman–Crippen MR) is 94.1 cm³/mol. The molecule has 0 saturated carbocycles. The normalized spacial score (nSPS) is 12.1. The van der Waals surface area contributed by atoms with Crippen molar-refractivity contribution in [3.8, 4) is 17.2 Å². The molecule has 0 spiro atoms. The van der Waals surface area contributed by atoms with Crippen LogP contribution in [0, 0.1) is 5.82 Å². The zero-order valence-electron chi connectivity index (χ0n) is 14.7. The van der Waals surface area contributed by atoms with Crippen LogP contribution in [0.3, 0.4) is 0 Å². The zero-order valence-corrected chi connectivity index (χ0v) is 15.5. The van der Waals surface area contributed by atoms with Gasteiger partial charge in [-0.1, -0.05) is 23.7 Å². The first kappa shape index (κ1) is 22.4. The molecule has 0 bridgehead atoms. The van der Waals surface area contributed by atoms with Crippen LogP contribution in [-0.4, -0.2) is 9.55 Å². The Morgan fingerprint density at radius 3 is 2.13 bits per heavy atom. The van der Waals surface area contributed by atoms with Gasteiger partial charge >= 0.3 is 18.0 Å². The number of alkyl halides is 6. The van der Waals surface area contributed by atoms with Crippen LogP contribution in [0.2, 0.25) is 5.02 Å². The summed E-state index contributed by atoms with van der Waals surface area (Å²) in [4.78, 5) is 25.5. The Bertz CT molecular complexity index is 1230. The number of nitrogens with zero attached hydrogens (tertiary/aromatic N) is 1. The molecule has 0 saturated heterocycles. The Hall–Kier alpha value is -3.28. The molecule has 1 heterocycles. The van der Waals surface area contributed by atoms with Crippen LogP contribution in [-0.2, 0) is 12.4 Å². The number of nitrogens with one attached hydrogen (secondary N) is 1. The summed E-state index contributed by atoms with van der Waals surface area (Å²) in [6.45, 7) is 0. The molecule has 0 atom stereocenters. The largest absolute Gasteiger partial charge is 0.455 e. The molecule has 1 aromatic heterocycles. The molecule has 2 aromatic carbocycles. The highest BCUT2D eigenvalue weighted by Crippen LogP contribution is 2.40. The third-order valence-corrected chi connectivity index (χ3v) is 4.19. The quantitative estimate of drug-likeness (QED) is 0.541. The molecule has 0 radical (unpaired) electrons. The molecular formula is C18H8ClF7N2O3. The summed E-state index contributed by atoms with van der Waals surface area (Å²) in [7, 11) is 0. The molecule has 0 aliphatic carbocycles. The van der Waals surface area contributed by atoms with E-state index in [0.717, 1.165) is 12.1 Å². The SMILES string of the molecule is O=c1cc(C(F)(F)F)[nH]c(=O)n1-c1cc(Oc2ccccc2C(F)(F)F)c(Cl)cc1F. The summed E-state index contributed by atoms with van der Waals surface area (Å²) < 4.78 is 97.1. The van der Waals surface area contributed by atoms with E-state index in [1.165, 1.54) is 11.1 Å². The maximum atomic E-state index is 14.4. The van der Waals surface area contributed by atoms with Gasteiger partial charge in [0.1, 0.15) is 23.0 Å². The van der Waals surface area contributed by atoms with Crippen LogP contribution in [0.25, 0.3) is 5.69 Å². The van der Waals surface area contributed by atoms with Gasteiger partial charge in [-0.05, 0) is 18.2 Å². The van der Waals surface area contributed by atoms with E-state index in [0.29, 0.717) is 18.2 Å². The molecule has 0 aliphatic heterocycles. The third kappa shape index (κ3) is 4.58. The maximum absolute atomic E-state index is 14.4. The minimum absolute atomic E-state index is 0.0173. The molecule has 164 valence electrons. The van der Waals surface area contributed by atoms with Gasteiger partial charge in [-0.15, -0.1) is 0 Å². The van der Waals surface area contributed by atoms with E-state index in [4.69, 9.17) is 16.3 Å². The number of rotatable bonds is 3. The van der Waals surface area contributed by atoms with Crippen molar-refractivity contribution < 1.29 is 35.5 Å². The summed E-state index contributed by atoms with van der Waals surface area (Å²) in [5.74, 6) is -2.61. The lowest BCUT2D eigenvalue weighted by Gasteiger charge is -2.16. The standard InChI is InChI=1S/C18H8ClF7N2O3/c19-9-5-10(20)11(28-15(29)7-14(18(24,25)26)27-16(28)30)6-13(9)31-12-4-2-1-3-8(12)17(21,22)23/h1-7H,(H,27,30). The van der Waals surface area contributed by atoms with Crippen molar-refractivity contribution in [2.24, 2.45) is 0 Å². The van der Waals surface area contributed by atoms with Gasteiger partial charge in [0.05, 0.1) is 16.3 Å². The van der Waals surface area contributed by atoms with Gasteiger partial charge in [0.15, 0.2) is 0 Å². The number of hydrogen-bond acceptors (Lipinski definition) is 3. The summed E-state index contributed by atoms with van der Waals surface area (Å²) in [5, 5.41) is -0.519. The second kappa shape index (κ2) is 7.76. The van der Waals surface area contributed by atoms with Crippen LogP contribution in [0.4, 0.5) is 30.7 Å². The highest BCUT2D eigenvalue weighted by molar-refractivity contribution is 6.32.